The van der Waals surface area contributed by atoms with Gasteiger partial charge >= 0.3 is 0 Å². The maximum Gasteiger partial charge on any atom is 0.179 e. The number of hydrogen-bond acceptors (Lipinski definition) is 2. The van der Waals surface area contributed by atoms with Gasteiger partial charge in [-0.1, -0.05) is 25.5 Å². The van der Waals surface area contributed by atoms with Gasteiger partial charge in [-0.25, -0.2) is 0 Å². The highest BCUT2D eigenvalue weighted by molar-refractivity contribution is 6.00. The molecule has 1 aromatic carbocycles. The number of aryl methyl sites for hydroxylation is 2. The molecule has 0 amide bonds. The molecule has 0 N–H and O–H groups in total. The molecule has 0 radical (unpaired) electrons. The lowest BCUT2D eigenvalue weighted by atomic mass is 9.93. The zero-order chi connectivity index (χ0) is 14.7. The standard InChI is InChI=1S/C18H27NO/c1-5-16-7-6-10-19(12-16)15(4)18(20)17-9-8-13(2)14(3)11-17/h8-9,11,15-16H,5-7,10,12H2,1-4H3. The fourth-order valence-corrected chi connectivity index (χ4v) is 3.08. The molecule has 0 saturated carbocycles. The summed E-state index contributed by atoms with van der Waals surface area (Å²) in [6.07, 6.45) is 3.77. The van der Waals surface area contributed by atoms with Gasteiger partial charge in [-0.05, 0) is 63.3 Å². The predicted molar refractivity (Wildman–Crippen MR) is 84.3 cm³/mol. The molecule has 1 saturated heterocycles. The second kappa shape index (κ2) is 6.53. The van der Waals surface area contributed by atoms with Gasteiger partial charge in [0.25, 0.3) is 0 Å². The highest BCUT2D eigenvalue weighted by atomic mass is 16.1. The van der Waals surface area contributed by atoms with E-state index in [1.807, 2.05) is 12.1 Å². The number of likely N-dealkylation sites (tertiary alicyclic amines) is 1. The quantitative estimate of drug-likeness (QED) is 0.773. The number of hydrogen-bond donors (Lipinski definition) is 0. The van der Waals surface area contributed by atoms with Crippen LogP contribution in [0.15, 0.2) is 18.2 Å². The summed E-state index contributed by atoms with van der Waals surface area (Å²) in [6, 6.07) is 6.07. The highest BCUT2D eigenvalue weighted by Crippen LogP contribution is 2.22. The number of carbonyl (C=O) groups excluding carboxylic acids is 1. The Balaban J connectivity index is 2.09. The van der Waals surface area contributed by atoms with E-state index in [1.54, 1.807) is 0 Å². The number of ketones is 1. The minimum absolute atomic E-state index is 0.00598. The first-order valence-electron chi connectivity index (χ1n) is 7.88. The molecule has 20 heavy (non-hydrogen) atoms. The Kier molecular flexibility index (Phi) is 4.98. The lowest BCUT2D eigenvalue weighted by molar-refractivity contribution is 0.0749. The summed E-state index contributed by atoms with van der Waals surface area (Å²) < 4.78 is 0. The first kappa shape index (κ1) is 15.2. The third kappa shape index (κ3) is 3.29. The van der Waals surface area contributed by atoms with Crippen LogP contribution in [0.5, 0.6) is 0 Å². The first-order chi connectivity index (χ1) is 9.52. The highest BCUT2D eigenvalue weighted by Gasteiger charge is 2.27. The second-order valence-electron chi connectivity index (χ2n) is 6.25. The normalized spacial score (nSPS) is 21.7. The molecule has 1 aliphatic rings. The molecule has 0 spiro atoms. The minimum Gasteiger partial charge on any atom is -0.293 e. The van der Waals surface area contributed by atoms with Crippen molar-refractivity contribution in [1.29, 1.82) is 0 Å². The minimum atomic E-state index is 0.00598. The van der Waals surface area contributed by atoms with Crippen LogP contribution in [-0.2, 0) is 0 Å². The van der Waals surface area contributed by atoms with Crippen molar-refractivity contribution in [3.63, 3.8) is 0 Å². The van der Waals surface area contributed by atoms with Crippen LogP contribution in [-0.4, -0.2) is 29.8 Å². The van der Waals surface area contributed by atoms with Crippen molar-refractivity contribution >= 4 is 5.78 Å². The van der Waals surface area contributed by atoms with Crippen LogP contribution < -0.4 is 0 Å². The Hall–Kier alpha value is -1.15. The Morgan fingerprint density at radius 1 is 1.35 bits per heavy atom. The number of nitrogens with zero attached hydrogens (tertiary/aromatic N) is 1. The number of Topliss-reactive ketones (excluding diaryl/α,β-unsaturated/α-hetero) is 1. The molecular weight excluding hydrogens is 246 g/mol. The van der Waals surface area contributed by atoms with E-state index in [0.717, 1.165) is 24.6 Å². The summed E-state index contributed by atoms with van der Waals surface area (Å²) in [5.41, 5.74) is 3.31. The molecule has 0 bridgehead atoms. The van der Waals surface area contributed by atoms with Crippen LogP contribution in [0.3, 0.4) is 0 Å². The van der Waals surface area contributed by atoms with E-state index >= 15 is 0 Å². The summed E-state index contributed by atoms with van der Waals surface area (Å²) >= 11 is 0. The van der Waals surface area contributed by atoms with E-state index in [0.29, 0.717) is 0 Å². The average molecular weight is 273 g/mol. The van der Waals surface area contributed by atoms with Crippen molar-refractivity contribution in [1.82, 2.24) is 4.90 Å². The van der Waals surface area contributed by atoms with Gasteiger partial charge in [0.05, 0.1) is 6.04 Å². The molecule has 1 heterocycles. The molecule has 2 unspecified atom stereocenters. The monoisotopic (exact) mass is 273 g/mol. The largest absolute Gasteiger partial charge is 0.293 e. The van der Waals surface area contributed by atoms with Crippen molar-refractivity contribution in [3.05, 3.63) is 34.9 Å². The first-order valence-corrected chi connectivity index (χ1v) is 7.88. The Bertz CT molecular complexity index is 480. The molecule has 0 aromatic heterocycles. The third-order valence-corrected chi connectivity index (χ3v) is 4.85. The van der Waals surface area contributed by atoms with E-state index < -0.39 is 0 Å². The second-order valence-corrected chi connectivity index (χ2v) is 6.25. The summed E-state index contributed by atoms with van der Waals surface area (Å²) in [5, 5.41) is 0. The van der Waals surface area contributed by atoms with E-state index in [4.69, 9.17) is 0 Å². The van der Waals surface area contributed by atoms with Crippen LogP contribution in [0.2, 0.25) is 0 Å². The van der Waals surface area contributed by atoms with Gasteiger partial charge in [-0.2, -0.15) is 0 Å². The van der Waals surface area contributed by atoms with E-state index in [9.17, 15) is 4.79 Å². The molecule has 110 valence electrons. The van der Waals surface area contributed by atoms with Gasteiger partial charge in [-0.3, -0.25) is 9.69 Å². The molecule has 1 aromatic rings. The number of carbonyl (C=O) groups is 1. The molecule has 0 aliphatic carbocycles. The fourth-order valence-electron chi connectivity index (χ4n) is 3.08. The van der Waals surface area contributed by atoms with Crippen LogP contribution in [0, 0.1) is 19.8 Å². The smallest absolute Gasteiger partial charge is 0.179 e. The summed E-state index contributed by atoms with van der Waals surface area (Å²) in [4.78, 5) is 15.0. The number of benzene rings is 1. The maximum absolute atomic E-state index is 12.7. The van der Waals surface area contributed by atoms with Crippen LogP contribution in [0.25, 0.3) is 0 Å². The van der Waals surface area contributed by atoms with Crippen LogP contribution in [0.1, 0.15) is 54.6 Å². The van der Waals surface area contributed by atoms with Crippen molar-refractivity contribution in [2.24, 2.45) is 5.92 Å². The lowest BCUT2D eigenvalue weighted by Crippen LogP contribution is -2.45. The predicted octanol–water partition coefficient (Wildman–Crippen LogP) is 4.00. The molecular formula is C18H27NO. The Morgan fingerprint density at radius 3 is 2.75 bits per heavy atom. The van der Waals surface area contributed by atoms with Crippen LogP contribution >= 0.6 is 0 Å². The summed E-state index contributed by atoms with van der Waals surface area (Å²) in [7, 11) is 0. The topological polar surface area (TPSA) is 20.3 Å². The zero-order valence-electron chi connectivity index (χ0n) is 13.3. The number of rotatable bonds is 4. The SMILES string of the molecule is CCC1CCCN(C(C)C(=O)c2ccc(C)c(C)c2)C1. The molecule has 1 fully saturated rings. The summed E-state index contributed by atoms with van der Waals surface area (Å²) in [5.74, 6) is 1.03. The van der Waals surface area contributed by atoms with Gasteiger partial charge in [0.2, 0.25) is 0 Å². The van der Waals surface area contributed by atoms with Gasteiger partial charge in [-0.15, -0.1) is 0 Å². The molecule has 2 atom stereocenters. The van der Waals surface area contributed by atoms with Gasteiger partial charge in [0.15, 0.2) is 5.78 Å². The third-order valence-electron chi connectivity index (χ3n) is 4.85. The Morgan fingerprint density at radius 2 is 2.10 bits per heavy atom. The zero-order valence-corrected chi connectivity index (χ0v) is 13.3. The molecule has 1 aliphatic heterocycles. The lowest BCUT2D eigenvalue weighted by Gasteiger charge is -2.35. The van der Waals surface area contributed by atoms with Gasteiger partial charge in [0, 0.05) is 12.1 Å². The fraction of sp³-hybridized carbons (Fsp3) is 0.611. The van der Waals surface area contributed by atoms with Gasteiger partial charge < -0.3 is 0 Å². The van der Waals surface area contributed by atoms with E-state index in [-0.39, 0.29) is 11.8 Å². The molecule has 2 heteroatoms. The van der Waals surface area contributed by atoms with Gasteiger partial charge in [0.1, 0.15) is 0 Å². The maximum atomic E-state index is 12.7. The summed E-state index contributed by atoms with van der Waals surface area (Å²) in [6.45, 7) is 10.6. The molecule has 2 nitrogen and oxygen atoms in total. The average Bonchev–Trinajstić information content (AvgIpc) is 2.48. The van der Waals surface area contributed by atoms with Crippen molar-refractivity contribution in [2.45, 2.75) is 53.0 Å². The van der Waals surface area contributed by atoms with E-state index in [1.165, 1.54) is 30.4 Å². The van der Waals surface area contributed by atoms with E-state index in [2.05, 4.69) is 38.7 Å². The number of piperidine rings is 1. The van der Waals surface area contributed by atoms with Crippen molar-refractivity contribution < 1.29 is 4.79 Å². The Labute approximate surface area is 123 Å². The van der Waals surface area contributed by atoms with Crippen molar-refractivity contribution in [3.8, 4) is 0 Å². The molecule has 2 rings (SSSR count). The van der Waals surface area contributed by atoms with Crippen molar-refractivity contribution in [2.75, 3.05) is 13.1 Å². The van der Waals surface area contributed by atoms with Crippen LogP contribution in [0.4, 0.5) is 0 Å².